The van der Waals surface area contributed by atoms with Gasteiger partial charge in [0, 0.05) is 31.6 Å². The highest BCUT2D eigenvalue weighted by atomic mass is 32.2. The van der Waals surface area contributed by atoms with E-state index in [0.29, 0.717) is 12.5 Å². The molecule has 0 amide bonds. The van der Waals surface area contributed by atoms with E-state index in [1.807, 2.05) is 17.7 Å². The summed E-state index contributed by atoms with van der Waals surface area (Å²) in [5.41, 5.74) is 1.87. The molecule has 0 radical (unpaired) electrons. The fourth-order valence-electron chi connectivity index (χ4n) is 3.80. The number of imidazole rings is 1. The molecule has 0 N–H and O–H groups in total. The monoisotopic (exact) mass is 391 g/mol. The molecule has 0 bridgehead atoms. The highest BCUT2D eigenvalue weighted by Crippen LogP contribution is 2.27. The van der Waals surface area contributed by atoms with Gasteiger partial charge in [-0.25, -0.2) is 23.4 Å². The Bertz CT molecular complexity index is 844. The van der Waals surface area contributed by atoms with Gasteiger partial charge in [-0.1, -0.05) is 19.3 Å². The van der Waals surface area contributed by atoms with Gasteiger partial charge in [-0.05, 0) is 38.8 Å². The van der Waals surface area contributed by atoms with Gasteiger partial charge in [-0.3, -0.25) is 4.90 Å². The molecule has 2 aromatic heterocycles. The average Bonchev–Trinajstić information content (AvgIpc) is 3.05. The van der Waals surface area contributed by atoms with Gasteiger partial charge in [0.15, 0.2) is 0 Å². The van der Waals surface area contributed by atoms with Crippen LogP contribution in [0.4, 0.5) is 0 Å². The largest absolute Gasteiger partial charge is 0.317 e. The topological polar surface area (TPSA) is 81.0 Å². The van der Waals surface area contributed by atoms with Crippen LogP contribution >= 0.6 is 0 Å². The zero-order valence-electron chi connectivity index (χ0n) is 16.4. The smallest absolute Gasteiger partial charge is 0.227 e. The van der Waals surface area contributed by atoms with Gasteiger partial charge in [0.05, 0.1) is 17.6 Å². The van der Waals surface area contributed by atoms with Gasteiger partial charge < -0.3 is 4.57 Å². The maximum atomic E-state index is 12.2. The van der Waals surface area contributed by atoms with E-state index in [1.165, 1.54) is 25.5 Å². The van der Waals surface area contributed by atoms with E-state index >= 15 is 0 Å². The lowest BCUT2D eigenvalue weighted by atomic mass is 9.89. The Balaban J connectivity index is 1.82. The molecule has 0 spiro atoms. The maximum Gasteiger partial charge on any atom is 0.227 e. The molecular weight excluding hydrogens is 362 g/mol. The van der Waals surface area contributed by atoms with Crippen molar-refractivity contribution in [1.82, 2.24) is 24.4 Å². The Kier molecular flexibility index (Phi) is 6.26. The molecule has 2 heterocycles. The van der Waals surface area contributed by atoms with Crippen molar-refractivity contribution < 1.29 is 8.42 Å². The molecule has 8 heteroatoms. The van der Waals surface area contributed by atoms with E-state index in [1.54, 1.807) is 18.7 Å². The van der Waals surface area contributed by atoms with Crippen molar-refractivity contribution >= 4 is 9.84 Å². The van der Waals surface area contributed by atoms with Gasteiger partial charge in [0.2, 0.25) is 15.0 Å². The van der Waals surface area contributed by atoms with Crippen molar-refractivity contribution in [3.63, 3.8) is 0 Å². The standard InChI is InChI=1S/C19H29N5O2S/c1-15(18-9-10-20-14-22-18)23(2)13-17-11-21-19(27(3,25)26)24(17)12-16-7-5-4-6-8-16/h9-11,14-16H,4-8,12-13H2,1-3H3. The van der Waals surface area contributed by atoms with E-state index in [2.05, 4.69) is 26.8 Å². The van der Waals surface area contributed by atoms with Crippen LogP contribution in [0.25, 0.3) is 0 Å². The molecule has 148 valence electrons. The van der Waals surface area contributed by atoms with Crippen molar-refractivity contribution in [2.75, 3.05) is 13.3 Å². The van der Waals surface area contributed by atoms with Gasteiger partial charge in [-0.2, -0.15) is 0 Å². The lowest BCUT2D eigenvalue weighted by molar-refractivity contribution is 0.235. The van der Waals surface area contributed by atoms with Crippen molar-refractivity contribution in [1.29, 1.82) is 0 Å². The van der Waals surface area contributed by atoms with E-state index < -0.39 is 9.84 Å². The third kappa shape index (κ3) is 4.93. The van der Waals surface area contributed by atoms with Crippen LogP contribution in [-0.4, -0.2) is 46.1 Å². The van der Waals surface area contributed by atoms with Crippen LogP contribution in [0.5, 0.6) is 0 Å². The number of aromatic nitrogens is 4. The van der Waals surface area contributed by atoms with Crippen LogP contribution in [0.15, 0.2) is 29.9 Å². The highest BCUT2D eigenvalue weighted by Gasteiger charge is 2.24. The van der Waals surface area contributed by atoms with E-state index in [9.17, 15) is 8.42 Å². The van der Waals surface area contributed by atoms with E-state index in [-0.39, 0.29) is 11.2 Å². The minimum Gasteiger partial charge on any atom is -0.317 e. The first-order valence-corrected chi connectivity index (χ1v) is 11.5. The Labute approximate surface area is 161 Å². The summed E-state index contributed by atoms with van der Waals surface area (Å²) in [4.78, 5) is 14.7. The normalized spacial score (nSPS) is 17.3. The molecule has 0 aromatic carbocycles. The average molecular weight is 392 g/mol. The molecule has 1 saturated carbocycles. The number of sulfone groups is 1. The lowest BCUT2D eigenvalue weighted by Crippen LogP contribution is -2.26. The molecule has 27 heavy (non-hydrogen) atoms. The molecule has 1 fully saturated rings. The summed E-state index contributed by atoms with van der Waals surface area (Å²) in [7, 11) is -1.34. The second-order valence-electron chi connectivity index (χ2n) is 7.64. The third-order valence-corrected chi connectivity index (χ3v) is 6.49. The van der Waals surface area contributed by atoms with E-state index in [4.69, 9.17) is 0 Å². The number of nitrogens with zero attached hydrogens (tertiary/aromatic N) is 5. The SMILES string of the molecule is CC(c1ccncn1)N(C)Cc1cnc(S(C)(=O)=O)n1CC1CCCCC1. The lowest BCUT2D eigenvalue weighted by Gasteiger charge is -2.27. The molecule has 1 unspecified atom stereocenters. The first-order valence-electron chi connectivity index (χ1n) is 9.57. The van der Waals surface area contributed by atoms with Gasteiger partial charge >= 0.3 is 0 Å². The predicted molar refractivity (Wildman–Crippen MR) is 104 cm³/mol. The summed E-state index contributed by atoms with van der Waals surface area (Å²) in [6.07, 6.45) is 12.3. The van der Waals surface area contributed by atoms with Gasteiger partial charge in [0.1, 0.15) is 6.33 Å². The van der Waals surface area contributed by atoms with Crippen LogP contribution in [0.2, 0.25) is 0 Å². The van der Waals surface area contributed by atoms with Crippen molar-refractivity contribution in [3.05, 3.63) is 36.2 Å². The first kappa shape index (κ1) is 19.9. The molecule has 0 aliphatic heterocycles. The fourth-order valence-corrected chi connectivity index (χ4v) is 4.64. The van der Waals surface area contributed by atoms with Gasteiger partial charge in [0.25, 0.3) is 0 Å². The zero-order chi connectivity index (χ0) is 19.4. The van der Waals surface area contributed by atoms with Crippen molar-refractivity contribution in [2.45, 2.75) is 63.3 Å². The Morgan fingerprint density at radius 3 is 2.63 bits per heavy atom. The summed E-state index contributed by atoms with van der Waals surface area (Å²) in [5.74, 6) is 0.525. The van der Waals surface area contributed by atoms with Crippen molar-refractivity contribution in [3.8, 4) is 0 Å². The highest BCUT2D eigenvalue weighted by molar-refractivity contribution is 7.90. The number of hydrogen-bond donors (Lipinski definition) is 0. The Hall–Kier alpha value is -1.80. The Morgan fingerprint density at radius 2 is 2.00 bits per heavy atom. The van der Waals surface area contributed by atoms with Crippen molar-refractivity contribution in [2.24, 2.45) is 5.92 Å². The quantitative estimate of drug-likeness (QED) is 0.722. The first-order chi connectivity index (χ1) is 12.9. The second-order valence-corrected chi connectivity index (χ2v) is 9.55. The third-order valence-electron chi connectivity index (χ3n) is 5.50. The molecule has 3 rings (SSSR count). The zero-order valence-corrected chi connectivity index (χ0v) is 17.2. The minimum atomic E-state index is -3.36. The minimum absolute atomic E-state index is 0.0905. The molecule has 0 saturated heterocycles. The van der Waals surface area contributed by atoms with Crippen LogP contribution in [0, 0.1) is 5.92 Å². The van der Waals surface area contributed by atoms with Crippen LogP contribution in [0.3, 0.4) is 0 Å². The fraction of sp³-hybridized carbons (Fsp3) is 0.632. The second kappa shape index (κ2) is 8.48. The Morgan fingerprint density at radius 1 is 1.26 bits per heavy atom. The summed E-state index contributed by atoms with van der Waals surface area (Å²) >= 11 is 0. The predicted octanol–water partition coefficient (Wildman–Crippen LogP) is 2.85. The molecular formula is C19H29N5O2S. The molecule has 7 nitrogen and oxygen atoms in total. The summed E-state index contributed by atoms with van der Waals surface area (Å²) < 4.78 is 26.4. The molecule has 1 aliphatic rings. The summed E-state index contributed by atoms with van der Waals surface area (Å²) in [6.45, 7) is 3.43. The summed E-state index contributed by atoms with van der Waals surface area (Å²) in [6, 6.07) is 2.00. The van der Waals surface area contributed by atoms with Crippen LogP contribution in [-0.2, 0) is 22.9 Å². The van der Waals surface area contributed by atoms with E-state index in [0.717, 1.165) is 30.8 Å². The summed E-state index contributed by atoms with van der Waals surface area (Å²) in [5, 5.41) is 0.186. The number of rotatable bonds is 7. The van der Waals surface area contributed by atoms with Crippen LogP contribution < -0.4 is 0 Å². The molecule has 1 atom stereocenters. The molecule has 2 aromatic rings. The maximum absolute atomic E-state index is 12.2. The molecule has 1 aliphatic carbocycles. The number of hydrogen-bond acceptors (Lipinski definition) is 6. The van der Waals surface area contributed by atoms with Crippen LogP contribution in [0.1, 0.15) is 56.5 Å². The van der Waals surface area contributed by atoms with Gasteiger partial charge in [-0.15, -0.1) is 0 Å².